The van der Waals surface area contributed by atoms with Crippen LogP contribution in [0.15, 0.2) is 68.6 Å². The van der Waals surface area contributed by atoms with E-state index in [4.69, 9.17) is 4.99 Å². The van der Waals surface area contributed by atoms with Crippen molar-refractivity contribution in [1.29, 1.82) is 0 Å². The maximum absolute atomic E-state index is 4.79. The Morgan fingerprint density at radius 3 is 2.85 bits per heavy atom. The predicted molar refractivity (Wildman–Crippen MR) is 112 cm³/mol. The smallest absolute Gasteiger partial charge is 0.211 e. The van der Waals surface area contributed by atoms with Crippen molar-refractivity contribution >= 4 is 50.1 Å². The summed E-state index contributed by atoms with van der Waals surface area (Å²) in [6.07, 6.45) is 3.85. The third-order valence-corrected chi connectivity index (χ3v) is 5.60. The molecule has 2 aromatic carbocycles. The summed E-state index contributed by atoms with van der Waals surface area (Å²) in [5.74, 6) is 0. The van der Waals surface area contributed by atoms with E-state index < -0.39 is 0 Å². The number of hydrogen-bond donors (Lipinski definition) is 1. The highest BCUT2D eigenvalue weighted by Gasteiger charge is 2.04. The molecule has 4 rings (SSSR count). The summed E-state index contributed by atoms with van der Waals surface area (Å²) in [6, 6.07) is 14.3. The van der Waals surface area contributed by atoms with Gasteiger partial charge in [0.25, 0.3) is 0 Å². The zero-order chi connectivity index (χ0) is 18.1. The van der Waals surface area contributed by atoms with Gasteiger partial charge in [0, 0.05) is 32.5 Å². The van der Waals surface area contributed by atoms with Gasteiger partial charge < -0.3 is 4.98 Å². The Balaban J connectivity index is 1.77. The second-order valence-electron chi connectivity index (χ2n) is 6.05. The molecular formula is C20H17BrN4S. The van der Waals surface area contributed by atoms with E-state index in [-0.39, 0.29) is 0 Å². The first-order valence-electron chi connectivity index (χ1n) is 8.20. The van der Waals surface area contributed by atoms with Crippen molar-refractivity contribution in [1.82, 2.24) is 9.66 Å². The van der Waals surface area contributed by atoms with Gasteiger partial charge in [0.1, 0.15) is 0 Å². The lowest BCUT2D eigenvalue weighted by atomic mass is 10.2. The molecule has 130 valence electrons. The van der Waals surface area contributed by atoms with Crippen molar-refractivity contribution in [2.75, 3.05) is 0 Å². The largest absolute Gasteiger partial charge is 0.361 e. The summed E-state index contributed by atoms with van der Waals surface area (Å²) in [4.78, 5) is 8.93. The summed E-state index contributed by atoms with van der Waals surface area (Å²) in [5.41, 5.74) is 5.30. The van der Waals surface area contributed by atoms with Crippen LogP contribution in [0, 0.1) is 13.8 Å². The molecule has 2 aromatic heterocycles. The zero-order valence-corrected chi connectivity index (χ0v) is 16.8. The van der Waals surface area contributed by atoms with Crippen molar-refractivity contribution in [2.45, 2.75) is 13.8 Å². The molecule has 0 aliphatic heterocycles. The van der Waals surface area contributed by atoms with E-state index in [2.05, 4.69) is 56.5 Å². The molecule has 0 bridgehead atoms. The molecular weight excluding hydrogens is 408 g/mol. The van der Waals surface area contributed by atoms with Crippen molar-refractivity contribution < 1.29 is 0 Å². The monoisotopic (exact) mass is 424 g/mol. The lowest BCUT2D eigenvalue weighted by Crippen LogP contribution is -2.11. The van der Waals surface area contributed by atoms with Crippen molar-refractivity contribution in [3.05, 3.63) is 80.1 Å². The van der Waals surface area contributed by atoms with Crippen LogP contribution in [0.5, 0.6) is 0 Å². The second kappa shape index (κ2) is 7.05. The number of para-hydroxylation sites is 1. The van der Waals surface area contributed by atoms with Crippen LogP contribution in [0.3, 0.4) is 0 Å². The summed E-state index contributed by atoms with van der Waals surface area (Å²) in [7, 11) is 0. The number of aryl methyl sites for hydroxylation is 2. The average molecular weight is 425 g/mol. The van der Waals surface area contributed by atoms with Gasteiger partial charge in [-0.3, -0.25) is 0 Å². The van der Waals surface area contributed by atoms with Crippen LogP contribution < -0.4 is 4.80 Å². The van der Waals surface area contributed by atoms with Gasteiger partial charge >= 0.3 is 0 Å². The van der Waals surface area contributed by atoms with Crippen LogP contribution in [-0.4, -0.2) is 15.9 Å². The molecule has 0 aliphatic carbocycles. The van der Waals surface area contributed by atoms with Crippen molar-refractivity contribution in [3.63, 3.8) is 0 Å². The number of H-pyrrole nitrogens is 1. The molecule has 4 nitrogen and oxygen atoms in total. The number of halogens is 1. The molecule has 0 radical (unpaired) electrons. The minimum absolute atomic E-state index is 0.856. The maximum atomic E-state index is 4.79. The molecule has 1 N–H and O–H groups in total. The van der Waals surface area contributed by atoms with Gasteiger partial charge in [-0.15, -0.1) is 11.3 Å². The molecule has 6 heteroatoms. The Labute approximate surface area is 163 Å². The van der Waals surface area contributed by atoms with Crippen LogP contribution in [0.2, 0.25) is 0 Å². The topological polar surface area (TPSA) is 45.4 Å². The summed E-state index contributed by atoms with van der Waals surface area (Å²) >= 11 is 5.12. The van der Waals surface area contributed by atoms with E-state index in [9.17, 15) is 0 Å². The standard InChI is InChI=1S/C20H17BrN4S/c1-13-5-3-4-6-18(13)24-20-25(14(2)12-26-20)23-11-15-10-22-19-8-7-16(21)9-17(15)19/h3-12,22H,1-2H3. The molecule has 26 heavy (non-hydrogen) atoms. The first kappa shape index (κ1) is 17.0. The molecule has 2 heterocycles. The van der Waals surface area contributed by atoms with E-state index in [1.54, 1.807) is 11.3 Å². The Kier molecular flexibility index (Phi) is 4.61. The van der Waals surface area contributed by atoms with Gasteiger partial charge in [0.2, 0.25) is 4.80 Å². The fourth-order valence-corrected chi connectivity index (χ4v) is 3.91. The number of rotatable bonds is 3. The van der Waals surface area contributed by atoms with E-state index >= 15 is 0 Å². The zero-order valence-electron chi connectivity index (χ0n) is 14.4. The van der Waals surface area contributed by atoms with Crippen LogP contribution in [0.4, 0.5) is 5.69 Å². The number of nitrogens with one attached hydrogen (secondary N) is 1. The Bertz CT molecular complexity index is 1180. The first-order chi connectivity index (χ1) is 12.6. The van der Waals surface area contributed by atoms with Crippen LogP contribution >= 0.6 is 27.3 Å². The van der Waals surface area contributed by atoms with Gasteiger partial charge in [-0.05, 0) is 43.7 Å². The Morgan fingerprint density at radius 2 is 2.00 bits per heavy atom. The van der Waals surface area contributed by atoms with Gasteiger partial charge in [0.05, 0.1) is 17.6 Å². The predicted octanol–water partition coefficient (Wildman–Crippen LogP) is 5.52. The molecule has 0 amide bonds. The highest BCUT2D eigenvalue weighted by Crippen LogP contribution is 2.22. The number of aromatic amines is 1. The molecule has 0 fully saturated rings. The third-order valence-electron chi connectivity index (χ3n) is 4.17. The lowest BCUT2D eigenvalue weighted by Gasteiger charge is -2.00. The quantitative estimate of drug-likeness (QED) is 0.420. The number of hydrogen-bond acceptors (Lipinski definition) is 3. The van der Waals surface area contributed by atoms with E-state index in [0.717, 1.165) is 42.7 Å². The number of thiazole rings is 1. The minimum Gasteiger partial charge on any atom is -0.361 e. The number of nitrogens with zero attached hydrogens (tertiary/aromatic N) is 3. The lowest BCUT2D eigenvalue weighted by molar-refractivity contribution is 0.809. The van der Waals surface area contributed by atoms with Crippen LogP contribution in [0.25, 0.3) is 10.9 Å². The summed E-state index contributed by atoms with van der Waals surface area (Å²) in [5, 5.41) is 7.89. The van der Waals surface area contributed by atoms with Crippen LogP contribution in [0.1, 0.15) is 16.8 Å². The van der Waals surface area contributed by atoms with E-state index in [1.807, 2.05) is 48.3 Å². The van der Waals surface area contributed by atoms with Gasteiger partial charge in [-0.2, -0.15) is 5.10 Å². The van der Waals surface area contributed by atoms with Crippen molar-refractivity contribution in [3.8, 4) is 0 Å². The second-order valence-corrected chi connectivity index (χ2v) is 7.80. The third kappa shape index (κ3) is 3.30. The molecule has 0 spiro atoms. The molecule has 0 unspecified atom stereocenters. The Hall–Kier alpha value is -2.44. The minimum atomic E-state index is 0.856. The summed E-state index contributed by atoms with van der Waals surface area (Å²) < 4.78 is 2.93. The van der Waals surface area contributed by atoms with Crippen molar-refractivity contribution in [2.24, 2.45) is 10.1 Å². The van der Waals surface area contributed by atoms with Gasteiger partial charge in [0.15, 0.2) is 0 Å². The Morgan fingerprint density at radius 1 is 1.15 bits per heavy atom. The van der Waals surface area contributed by atoms with Gasteiger partial charge in [-0.1, -0.05) is 34.1 Å². The molecule has 0 atom stereocenters. The summed E-state index contributed by atoms with van der Waals surface area (Å²) in [6.45, 7) is 4.10. The first-order valence-corrected chi connectivity index (χ1v) is 9.87. The number of benzene rings is 2. The fourth-order valence-electron chi connectivity index (χ4n) is 2.74. The number of fused-ring (bicyclic) bond motifs is 1. The highest BCUT2D eigenvalue weighted by molar-refractivity contribution is 9.10. The molecule has 4 aromatic rings. The molecule has 0 saturated carbocycles. The normalized spacial score (nSPS) is 12.5. The van der Waals surface area contributed by atoms with E-state index in [0.29, 0.717) is 0 Å². The molecule has 0 aliphatic rings. The highest BCUT2D eigenvalue weighted by atomic mass is 79.9. The fraction of sp³-hybridized carbons (Fsp3) is 0.100. The van der Waals surface area contributed by atoms with Crippen LogP contribution in [-0.2, 0) is 0 Å². The van der Waals surface area contributed by atoms with Gasteiger partial charge in [-0.25, -0.2) is 9.67 Å². The SMILES string of the molecule is Cc1ccccc1N=c1scc(C)n1N=Cc1c[nH]c2ccc(Br)cc12. The molecule has 0 saturated heterocycles. The number of aromatic nitrogens is 2. The average Bonchev–Trinajstić information content (AvgIpc) is 3.18. The maximum Gasteiger partial charge on any atom is 0.211 e. The van der Waals surface area contributed by atoms with E-state index in [1.165, 1.54) is 0 Å².